The highest BCUT2D eigenvalue weighted by Gasteiger charge is 2.33. The van der Waals surface area contributed by atoms with Crippen LogP contribution in [0.15, 0.2) is 48.5 Å². The van der Waals surface area contributed by atoms with Crippen LogP contribution in [-0.2, 0) is 28.6 Å². The zero-order valence-corrected chi connectivity index (χ0v) is 25.9. The molecule has 1 aliphatic carbocycles. The summed E-state index contributed by atoms with van der Waals surface area (Å²) in [5.74, 6) is -2.21. The average Bonchev–Trinajstić information content (AvgIpc) is 3.19. The molecule has 2 amide bonds. The molecule has 0 bridgehead atoms. The fourth-order valence-corrected chi connectivity index (χ4v) is 4.84. The van der Waals surface area contributed by atoms with Gasteiger partial charge in [0.2, 0.25) is 5.91 Å². The normalized spacial score (nSPS) is 14.3. The van der Waals surface area contributed by atoms with Gasteiger partial charge in [0.25, 0.3) is 0 Å². The lowest BCUT2D eigenvalue weighted by Gasteiger charge is -2.27. The predicted octanol–water partition coefficient (Wildman–Crippen LogP) is 5.50. The Labute approximate surface area is 248 Å². The molecule has 42 heavy (non-hydrogen) atoms. The Morgan fingerprint density at radius 3 is 1.81 bits per heavy atom. The SMILES string of the molecule is CC(C)[C@@H](NC(=O)OCC1c2ccccc2-c2ccccc21)C(=O)N[C@H](CCC(=O)OC(C)(C)C)C(=O)OC(C)(C)C. The smallest absolute Gasteiger partial charge is 0.407 e. The maximum Gasteiger partial charge on any atom is 0.407 e. The van der Waals surface area contributed by atoms with Crippen LogP contribution in [0, 0.1) is 5.92 Å². The largest absolute Gasteiger partial charge is 0.460 e. The number of alkyl carbamates (subject to hydrolysis) is 1. The lowest BCUT2D eigenvalue weighted by Crippen LogP contribution is -2.54. The third-order valence-corrected chi connectivity index (χ3v) is 6.63. The Morgan fingerprint density at radius 1 is 0.786 bits per heavy atom. The van der Waals surface area contributed by atoms with Gasteiger partial charge in [-0.05, 0) is 76.1 Å². The molecule has 0 spiro atoms. The number of fused-ring (bicyclic) bond motifs is 3. The summed E-state index contributed by atoms with van der Waals surface area (Å²) >= 11 is 0. The number of carbonyl (C=O) groups is 4. The molecule has 2 aromatic carbocycles. The number of esters is 2. The summed E-state index contributed by atoms with van der Waals surface area (Å²) in [5, 5.41) is 5.34. The Balaban J connectivity index is 1.66. The molecule has 0 saturated heterocycles. The highest BCUT2D eigenvalue weighted by atomic mass is 16.6. The van der Waals surface area contributed by atoms with Crippen LogP contribution >= 0.6 is 0 Å². The quantitative estimate of drug-likeness (QED) is 0.281. The molecule has 0 aliphatic heterocycles. The van der Waals surface area contributed by atoms with Crippen molar-refractivity contribution in [2.75, 3.05) is 6.61 Å². The van der Waals surface area contributed by atoms with Gasteiger partial charge in [-0.15, -0.1) is 0 Å². The minimum absolute atomic E-state index is 0.0225. The first-order valence-electron chi connectivity index (χ1n) is 14.4. The van der Waals surface area contributed by atoms with E-state index in [2.05, 4.69) is 22.8 Å². The van der Waals surface area contributed by atoms with Gasteiger partial charge in [0.15, 0.2) is 0 Å². The van der Waals surface area contributed by atoms with Crippen molar-refractivity contribution in [2.45, 2.75) is 97.4 Å². The first-order chi connectivity index (χ1) is 19.6. The van der Waals surface area contributed by atoms with Crippen molar-refractivity contribution in [1.82, 2.24) is 10.6 Å². The highest BCUT2D eigenvalue weighted by molar-refractivity contribution is 5.90. The zero-order chi connectivity index (χ0) is 31.2. The fraction of sp³-hybridized carbons (Fsp3) is 0.515. The van der Waals surface area contributed by atoms with Crippen LogP contribution in [0.25, 0.3) is 11.1 Å². The van der Waals surface area contributed by atoms with Crippen molar-refractivity contribution >= 4 is 23.9 Å². The Hall–Kier alpha value is -3.88. The number of rotatable bonds is 10. The van der Waals surface area contributed by atoms with Crippen molar-refractivity contribution in [3.8, 4) is 11.1 Å². The summed E-state index contributed by atoms with van der Waals surface area (Å²) in [6.07, 6.45) is -0.868. The van der Waals surface area contributed by atoms with Gasteiger partial charge in [0.05, 0.1) is 0 Å². The summed E-state index contributed by atoms with van der Waals surface area (Å²) in [7, 11) is 0. The van der Waals surface area contributed by atoms with E-state index in [-0.39, 0.29) is 31.3 Å². The molecular formula is C33H44N2O7. The molecule has 9 nitrogen and oxygen atoms in total. The van der Waals surface area contributed by atoms with E-state index in [9.17, 15) is 19.2 Å². The lowest BCUT2D eigenvalue weighted by molar-refractivity contribution is -0.160. The van der Waals surface area contributed by atoms with Gasteiger partial charge in [0.1, 0.15) is 29.9 Å². The monoisotopic (exact) mass is 580 g/mol. The number of benzene rings is 2. The molecule has 0 saturated carbocycles. The molecule has 228 valence electrons. The third kappa shape index (κ3) is 9.06. The predicted molar refractivity (Wildman–Crippen MR) is 160 cm³/mol. The van der Waals surface area contributed by atoms with Gasteiger partial charge in [-0.25, -0.2) is 9.59 Å². The summed E-state index contributed by atoms with van der Waals surface area (Å²) in [4.78, 5) is 51.6. The summed E-state index contributed by atoms with van der Waals surface area (Å²) in [5.41, 5.74) is 2.90. The maximum absolute atomic E-state index is 13.4. The first kappa shape index (κ1) is 32.6. The van der Waals surface area contributed by atoms with E-state index < -0.39 is 47.2 Å². The van der Waals surface area contributed by atoms with Crippen molar-refractivity contribution in [1.29, 1.82) is 0 Å². The summed E-state index contributed by atoms with van der Waals surface area (Å²) < 4.78 is 16.5. The number of hydrogen-bond acceptors (Lipinski definition) is 7. The van der Waals surface area contributed by atoms with Crippen molar-refractivity contribution in [3.63, 3.8) is 0 Å². The Morgan fingerprint density at radius 2 is 1.31 bits per heavy atom. The van der Waals surface area contributed by atoms with Gasteiger partial charge in [-0.3, -0.25) is 9.59 Å². The van der Waals surface area contributed by atoms with E-state index in [0.717, 1.165) is 22.3 Å². The van der Waals surface area contributed by atoms with Crippen LogP contribution in [0.4, 0.5) is 4.79 Å². The maximum atomic E-state index is 13.4. The molecule has 9 heteroatoms. The molecule has 3 rings (SSSR count). The van der Waals surface area contributed by atoms with Crippen molar-refractivity contribution < 1.29 is 33.4 Å². The first-order valence-corrected chi connectivity index (χ1v) is 14.4. The average molecular weight is 581 g/mol. The van der Waals surface area contributed by atoms with E-state index in [1.165, 1.54) is 0 Å². The van der Waals surface area contributed by atoms with Gasteiger partial charge in [0, 0.05) is 12.3 Å². The van der Waals surface area contributed by atoms with Crippen LogP contribution in [0.2, 0.25) is 0 Å². The van der Waals surface area contributed by atoms with Crippen LogP contribution in [-0.4, -0.2) is 53.8 Å². The highest BCUT2D eigenvalue weighted by Crippen LogP contribution is 2.44. The molecule has 0 fully saturated rings. The van der Waals surface area contributed by atoms with E-state index >= 15 is 0 Å². The molecular weight excluding hydrogens is 536 g/mol. The lowest BCUT2D eigenvalue weighted by atomic mass is 9.98. The Bertz CT molecular complexity index is 1240. The van der Waals surface area contributed by atoms with E-state index in [1.807, 2.05) is 36.4 Å². The van der Waals surface area contributed by atoms with Gasteiger partial charge >= 0.3 is 18.0 Å². The minimum atomic E-state index is -1.12. The van der Waals surface area contributed by atoms with Crippen LogP contribution in [0.5, 0.6) is 0 Å². The molecule has 0 unspecified atom stereocenters. The van der Waals surface area contributed by atoms with E-state index in [4.69, 9.17) is 14.2 Å². The van der Waals surface area contributed by atoms with E-state index in [1.54, 1.807) is 55.4 Å². The Kier molecular flexibility index (Phi) is 10.4. The zero-order valence-electron chi connectivity index (χ0n) is 25.9. The second-order valence-electron chi connectivity index (χ2n) is 12.9. The van der Waals surface area contributed by atoms with Crippen LogP contribution < -0.4 is 10.6 Å². The topological polar surface area (TPSA) is 120 Å². The molecule has 2 aromatic rings. The third-order valence-electron chi connectivity index (χ3n) is 6.63. The number of hydrogen-bond donors (Lipinski definition) is 2. The molecule has 2 atom stereocenters. The van der Waals surface area contributed by atoms with Gasteiger partial charge in [-0.1, -0.05) is 62.4 Å². The second-order valence-corrected chi connectivity index (χ2v) is 12.9. The van der Waals surface area contributed by atoms with Crippen molar-refractivity contribution in [3.05, 3.63) is 59.7 Å². The molecule has 0 radical (unpaired) electrons. The number of nitrogens with one attached hydrogen (secondary N) is 2. The van der Waals surface area contributed by atoms with Crippen LogP contribution in [0.1, 0.15) is 85.3 Å². The van der Waals surface area contributed by atoms with Crippen molar-refractivity contribution in [2.24, 2.45) is 5.92 Å². The second kappa shape index (κ2) is 13.4. The molecule has 0 aromatic heterocycles. The summed E-state index contributed by atoms with van der Waals surface area (Å²) in [6, 6.07) is 13.9. The molecule has 1 aliphatic rings. The van der Waals surface area contributed by atoms with E-state index in [0.29, 0.717) is 0 Å². The van der Waals surface area contributed by atoms with Gasteiger partial charge < -0.3 is 24.8 Å². The molecule has 0 heterocycles. The standard InChI is InChI=1S/C33H44N2O7/c1-20(2)28(29(37)34-26(30(38)42-33(6,7)8)17-18-27(36)41-32(3,4)5)35-31(39)40-19-25-23-15-11-9-13-21(23)22-14-10-12-16-24(22)25/h9-16,20,25-26,28H,17-19H2,1-8H3,(H,34,37)(H,35,39)/t26-,28-/m1/s1. The number of ether oxygens (including phenoxy) is 3. The fourth-order valence-electron chi connectivity index (χ4n) is 4.84. The molecule has 2 N–H and O–H groups in total. The number of amides is 2. The van der Waals surface area contributed by atoms with Crippen LogP contribution in [0.3, 0.4) is 0 Å². The minimum Gasteiger partial charge on any atom is -0.460 e. The number of carbonyl (C=O) groups excluding carboxylic acids is 4. The summed E-state index contributed by atoms with van der Waals surface area (Å²) in [6.45, 7) is 14.0. The van der Waals surface area contributed by atoms with Gasteiger partial charge in [-0.2, -0.15) is 0 Å².